The van der Waals surface area contributed by atoms with Crippen LogP contribution in [0.1, 0.15) is 5.56 Å². The topological polar surface area (TPSA) is 18.5 Å². The molecule has 0 aromatic heterocycles. The third-order valence-corrected chi connectivity index (χ3v) is 1.97. The molecule has 0 fully saturated rings. The summed E-state index contributed by atoms with van der Waals surface area (Å²) in [4.78, 5) is 0. The minimum atomic E-state index is -4.76. The highest BCUT2D eigenvalue weighted by atomic mass is 35.5. The van der Waals surface area contributed by atoms with E-state index in [4.69, 9.17) is 16.3 Å². The van der Waals surface area contributed by atoms with Gasteiger partial charge in [0.05, 0.1) is 12.1 Å². The first-order chi connectivity index (χ1) is 6.83. The molecule has 0 amide bonds. The van der Waals surface area contributed by atoms with E-state index in [1.807, 2.05) is 0 Å². The first-order valence-corrected chi connectivity index (χ1v) is 4.31. The Labute approximate surface area is 89.6 Å². The molecule has 0 atom stereocenters. The highest BCUT2D eigenvalue weighted by Gasteiger charge is 2.32. The second-order valence-corrected chi connectivity index (χ2v) is 3.21. The van der Waals surface area contributed by atoms with Crippen molar-refractivity contribution in [1.82, 2.24) is 0 Å². The molecule has 0 bridgehead atoms. The predicted molar refractivity (Wildman–Crippen MR) is 49.4 cm³/mol. The van der Waals surface area contributed by atoms with Gasteiger partial charge in [-0.05, 0) is 18.6 Å². The summed E-state index contributed by atoms with van der Waals surface area (Å²) in [6, 6.07) is 2.45. The van der Waals surface area contributed by atoms with Gasteiger partial charge in [0.2, 0.25) is 0 Å². The van der Waals surface area contributed by atoms with Gasteiger partial charge in [0, 0.05) is 6.07 Å². The van der Waals surface area contributed by atoms with Gasteiger partial charge in [-0.2, -0.15) is 0 Å². The van der Waals surface area contributed by atoms with Crippen LogP contribution in [0.2, 0.25) is 5.02 Å². The molecular weight excluding hydrogens is 233 g/mol. The lowest BCUT2D eigenvalue weighted by atomic mass is 10.2. The molecule has 0 saturated heterocycles. The van der Waals surface area contributed by atoms with Gasteiger partial charge in [0.1, 0.15) is 5.75 Å². The van der Waals surface area contributed by atoms with Crippen LogP contribution in [0.4, 0.5) is 13.2 Å². The second-order valence-electron chi connectivity index (χ2n) is 2.80. The number of alkyl halides is 3. The van der Waals surface area contributed by atoms with E-state index < -0.39 is 12.1 Å². The van der Waals surface area contributed by atoms with Crippen molar-refractivity contribution in [3.8, 4) is 11.5 Å². The van der Waals surface area contributed by atoms with E-state index >= 15 is 0 Å². The van der Waals surface area contributed by atoms with Gasteiger partial charge in [-0.1, -0.05) is 11.6 Å². The van der Waals surface area contributed by atoms with E-state index in [1.165, 1.54) is 13.2 Å². The molecule has 0 aliphatic heterocycles. The van der Waals surface area contributed by atoms with Crippen molar-refractivity contribution in [3.05, 3.63) is 22.7 Å². The van der Waals surface area contributed by atoms with Crippen molar-refractivity contribution in [1.29, 1.82) is 0 Å². The van der Waals surface area contributed by atoms with Crippen LogP contribution in [-0.2, 0) is 0 Å². The summed E-state index contributed by atoms with van der Waals surface area (Å²) in [7, 11) is 1.35. The molecule has 2 nitrogen and oxygen atoms in total. The lowest BCUT2D eigenvalue weighted by Gasteiger charge is -2.12. The molecule has 0 aliphatic rings. The Morgan fingerprint density at radius 1 is 1.20 bits per heavy atom. The van der Waals surface area contributed by atoms with Crippen LogP contribution < -0.4 is 9.47 Å². The predicted octanol–water partition coefficient (Wildman–Crippen LogP) is 3.56. The highest BCUT2D eigenvalue weighted by Crippen LogP contribution is 2.35. The minimum Gasteiger partial charge on any atom is -0.496 e. The Hall–Kier alpha value is -1.10. The minimum absolute atomic E-state index is 0.106. The van der Waals surface area contributed by atoms with E-state index in [2.05, 4.69) is 4.74 Å². The fraction of sp³-hybridized carbons (Fsp3) is 0.333. The average molecular weight is 241 g/mol. The molecule has 0 saturated carbocycles. The van der Waals surface area contributed by atoms with Crippen LogP contribution in [0.3, 0.4) is 0 Å². The number of halogens is 4. The van der Waals surface area contributed by atoms with E-state index in [0.717, 1.165) is 6.07 Å². The third-order valence-electron chi connectivity index (χ3n) is 1.68. The summed E-state index contributed by atoms with van der Waals surface area (Å²) < 4.78 is 44.4. The zero-order valence-electron chi connectivity index (χ0n) is 7.98. The van der Waals surface area contributed by atoms with Gasteiger partial charge >= 0.3 is 6.36 Å². The fourth-order valence-corrected chi connectivity index (χ4v) is 1.31. The number of ether oxygens (including phenoxy) is 2. The quantitative estimate of drug-likeness (QED) is 0.787. The number of methoxy groups -OCH3 is 1. The molecule has 0 unspecified atom stereocenters. The molecular formula is C9H8ClF3O2. The summed E-state index contributed by atoms with van der Waals surface area (Å²) in [6.45, 7) is 1.67. The molecule has 15 heavy (non-hydrogen) atoms. The van der Waals surface area contributed by atoms with Gasteiger partial charge in [-0.3, -0.25) is 0 Å². The normalized spacial score (nSPS) is 11.3. The molecule has 1 aromatic rings. The number of benzene rings is 1. The number of hydrogen-bond donors (Lipinski definition) is 0. The van der Waals surface area contributed by atoms with Crippen molar-refractivity contribution >= 4 is 11.6 Å². The van der Waals surface area contributed by atoms with Crippen LogP contribution in [-0.4, -0.2) is 13.5 Å². The van der Waals surface area contributed by atoms with Crippen LogP contribution >= 0.6 is 11.6 Å². The van der Waals surface area contributed by atoms with E-state index in [-0.39, 0.29) is 5.02 Å². The summed E-state index contributed by atoms with van der Waals surface area (Å²) >= 11 is 5.58. The zero-order valence-corrected chi connectivity index (χ0v) is 8.74. The second kappa shape index (κ2) is 4.18. The van der Waals surface area contributed by atoms with Gasteiger partial charge in [0.25, 0.3) is 0 Å². The van der Waals surface area contributed by atoms with Gasteiger partial charge in [0.15, 0.2) is 5.75 Å². The largest absolute Gasteiger partial charge is 0.573 e. The molecule has 1 rings (SSSR count). The van der Waals surface area contributed by atoms with Crippen LogP contribution in [0.25, 0.3) is 0 Å². The monoisotopic (exact) mass is 240 g/mol. The molecule has 6 heteroatoms. The van der Waals surface area contributed by atoms with Crippen LogP contribution in [0, 0.1) is 6.92 Å². The standard InChI is InChI=1S/C9H8ClF3O2/c1-5-3-6(10)8(4-7(5)14-2)15-9(11,12)13/h3-4H,1-2H3. The molecule has 0 aliphatic carbocycles. The highest BCUT2D eigenvalue weighted by molar-refractivity contribution is 6.32. The molecule has 84 valence electrons. The van der Waals surface area contributed by atoms with Gasteiger partial charge in [-0.15, -0.1) is 13.2 Å². The Morgan fingerprint density at radius 3 is 2.27 bits per heavy atom. The fourth-order valence-electron chi connectivity index (χ4n) is 1.06. The van der Waals surface area contributed by atoms with Crippen molar-refractivity contribution in [3.63, 3.8) is 0 Å². The molecule has 0 radical (unpaired) electrons. The van der Waals surface area contributed by atoms with E-state index in [9.17, 15) is 13.2 Å². The maximum atomic E-state index is 11.9. The first kappa shape index (κ1) is 12.0. The van der Waals surface area contributed by atoms with E-state index in [1.54, 1.807) is 6.92 Å². The molecule has 0 heterocycles. The first-order valence-electron chi connectivity index (χ1n) is 3.93. The molecule has 1 aromatic carbocycles. The van der Waals surface area contributed by atoms with Gasteiger partial charge < -0.3 is 9.47 Å². The van der Waals surface area contributed by atoms with Crippen LogP contribution in [0.5, 0.6) is 11.5 Å². The number of hydrogen-bond acceptors (Lipinski definition) is 2. The summed E-state index contributed by atoms with van der Waals surface area (Å²) in [5.41, 5.74) is 0.636. The Bertz CT molecular complexity index is 363. The van der Waals surface area contributed by atoms with E-state index in [0.29, 0.717) is 11.3 Å². The lowest BCUT2D eigenvalue weighted by molar-refractivity contribution is -0.274. The van der Waals surface area contributed by atoms with Crippen molar-refractivity contribution < 1.29 is 22.6 Å². The zero-order chi connectivity index (χ0) is 11.6. The maximum absolute atomic E-state index is 11.9. The summed E-state index contributed by atoms with van der Waals surface area (Å²) in [5.74, 6) is -0.176. The maximum Gasteiger partial charge on any atom is 0.573 e. The summed E-state index contributed by atoms with van der Waals surface area (Å²) in [5, 5.41) is -0.106. The van der Waals surface area contributed by atoms with Crippen LogP contribution in [0.15, 0.2) is 12.1 Å². The third kappa shape index (κ3) is 3.20. The average Bonchev–Trinajstić information content (AvgIpc) is 2.07. The lowest BCUT2D eigenvalue weighted by Crippen LogP contribution is -2.17. The van der Waals surface area contributed by atoms with Crippen molar-refractivity contribution in [2.45, 2.75) is 13.3 Å². The molecule has 0 N–H and O–H groups in total. The molecule has 0 spiro atoms. The van der Waals surface area contributed by atoms with Crippen molar-refractivity contribution in [2.75, 3.05) is 7.11 Å². The van der Waals surface area contributed by atoms with Crippen molar-refractivity contribution in [2.24, 2.45) is 0 Å². The Morgan fingerprint density at radius 2 is 1.80 bits per heavy atom. The van der Waals surface area contributed by atoms with Gasteiger partial charge in [-0.25, -0.2) is 0 Å². The SMILES string of the molecule is COc1cc(OC(F)(F)F)c(Cl)cc1C. The number of aryl methyl sites for hydroxylation is 1. The summed E-state index contributed by atoms with van der Waals surface area (Å²) in [6.07, 6.45) is -4.76. The Kier molecular flexibility index (Phi) is 3.34. The number of rotatable bonds is 2. The smallest absolute Gasteiger partial charge is 0.496 e. The Balaban J connectivity index is 3.08.